The third-order valence-corrected chi connectivity index (χ3v) is 6.53. The van der Waals surface area contributed by atoms with Gasteiger partial charge in [0.05, 0.1) is 17.5 Å². The van der Waals surface area contributed by atoms with E-state index in [1.165, 1.54) is 10.4 Å². The number of ether oxygens (including phenoxy) is 1. The molecule has 7 nitrogen and oxygen atoms in total. The summed E-state index contributed by atoms with van der Waals surface area (Å²) in [6, 6.07) is 12.5. The van der Waals surface area contributed by atoms with Crippen LogP contribution in [0.5, 0.6) is 0 Å². The summed E-state index contributed by atoms with van der Waals surface area (Å²) in [7, 11) is -3.35. The van der Waals surface area contributed by atoms with Crippen LogP contribution in [0.15, 0.2) is 42.5 Å². The molecule has 0 saturated carbocycles. The van der Waals surface area contributed by atoms with Crippen LogP contribution in [0.3, 0.4) is 0 Å². The van der Waals surface area contributed by atoms with Crippen molar-refractivity contribution >= 4 is 33.3 Å². The summed E-state index contributed by atoms with van der Waals surface area (Å²) in [6.45, 7) is 2.50. The van der Waals surface area contributed by atoms with Gasteiger partial charge in [-0.25, -0.2) is 13.2 Å². The van der Waals surface area contributed by atoms with Gasteiger partial charge < -0.3 is 9.64 Å². The van der Waals surface area contributed by atoms with Crippen LogP contribution in [0, 0.1) is 0 Å². The second-order valence-corrected chi connectivity index (χ2v) is 9.25. The van der Waals surface area contributed by atoms with Gasteiger partial charge in [-0.3, -0.25) is 9.10 Å². The molecule has 0 N–H and O–H groups in total. The number of hydrogen-bond acceptors (Lipinski definition) is 5. The van der Waals surface area contributed by atoms with E-state index in [0.717, 1.165) is 29.5 Å². The third-order valence-electron chi connectivity index (χ3n) is 5.35. The quantitative estimate of drug-likeness (QED) is 0.716. The molecule has 0 spiro atoms. The molecule has 0 saturated heterocycles. The van der Waals surface area contributed by atoms with Gasteiger partial charge in [-0.15, -0.1) is 0 Å². The van der Waals surface area contributed by atoms with E-state index in [1.807, 2.05) is 24.3 Å². The van der Waals surface area contributed by atoms with Crippen LogP contribution in [0.25, 0.3) is 0 Å². The van der Waals surface area contributed by atoms with Gasteiger partial charge in [-0.2, -0.15) is 0 Å². The first-order valence-electron chi connectivity index (χ1n) is 9.46. The highest BCUT2D eigenvalue weighted by molar-refractivity contribution is 7.92. The maximum Gasteiger partial charge on any atom is 0.338 e. The molecule has 0 unspecified atom stereocenters. The maximum absolute atomic E-state index is 12.8. The Morgan fingerprint density at radius 3 is 2.48 bits per heavy atom. The van der Waals surface area contributed by atoms with E-state index in [2.05, 4.69) is 0 Å². The zero-order chi connectivity index (χ0) is 20.8. The fraction of sp³-hybridized carbons (Fsp3) is 0.333. The van der Waals surface area contributed by atoms with Crippen LogP contribution < -0.4 is 9.21 Å². The van der Waals surface area contributed by atoms with Crippen molar-refractivity contribution in [2.75, 3.05) is 28.6 Å². The number of rotatable bonds is 4. The Bertz CT molecular complexity index is 1100. The second kappa shape index (κ2) is 7.18. The maximum atomic E-state index is 12.8. The lowest BCUT2D eigenvalue weighted by molar-refractivity contribution is -0.126. The summed E-state index contributed by atoms with van der Waals surface area (Å²) in [5.41, 5.74) is 3.63. The third kappa shape index (κ3) is 3.60. The number of esters is 1. The molecule has 4 rings (SSSR count). The standard InChI is InChI=1S/C21H22N2O5S/c1-14(20(24)22-11-9-15-5-3-4-6-18(15)22)28-21(25)17-7-8-19-16(13-17)10-12-23(19)29(2,26)27/h3-8,13-14H,9-12H2,1-2H3/t14-/m1/s1. The van der Waals surface area contributed by atoms with Gasteiger partial charge in [-0.05, 0) is 55.2 Å². The topological polar surface area (TPSA) is 84.0 Å². The highest BCUT2D eigenvalue weighted by Gasteiger charge is 2.31. The Kier molecular flexibility index (Phi) is 4.82. The summed E-state index contributed by atoms with van der Waals surface area (Å²) in [5, 5.41) is 0. The molecule has 2 aliphatic heterocycles. The van der Waals surface area contributed by atoms with E-state index in [4.69, 9.17) is 4.74 Å². The lowest BCUT2D eigenvalue weighted by Crippen LogP contribution is -2.39. The zero-order valence-corrected chi connectivity index (χ0v) is 17.1. The summed E-state index contributed by atoms with van der Waals surface area (Å²) >= 11 is 0. The van der Waals surface area contributed by atoms with Crippen molar-refractivity contribution in [2.45, 2.75) is 25.9 Å². The molecule has 0 radical (unpaired) electrons. The summed E-state index contributed by atoms with van der Waals surface area (Å²) in [4.78, 5) is 27.0. The fourth-order valence-corrected chi connectivity index (χ4v) is 4.87. The number of sulfonamides is 1. The number of benzene rings is 2. The molecule has 2 aromatic rings. The Hall–Kier alpha value is -2.87. The van der Waals surface area contributed by atoms with Crippen LogP contribution in [-0.4, -0.2) is 45.7 Å². The highest BCUT2D eigenvalue weighted by Crippen LogP contribution is 2.31. The molecule has 2 aliphatic rings. The molecule has 1 atom stereocenters. The summed E-state index contributed by atoms with van der Waals surface area (Å²) in [5.74, 6) is -0.855. The van der Waals surface area contributed by atoms with Crippen molar-refractivity contribution in [1.29, 1.82) is 0 Å². The van der Waals surface area contributed by atoms with Gasteiger partial charge in [0.15, 0.2) is 6.10 Å². The molecule has 1 amide bonds. The van der Waals surface area contributed by atoms with Crippen molar-refractivity contribution in [2.24, 2.45) is 0 Å². The second-order valence-electron chi connectivity index (χ2n) is 7.34. The van der Waals surface area contributed by atoms with E-state index in [1.54, 1.807) is 24.0 Å². The number of carbonyl (C=O) groups excluding carboxylic acids is 2. The predicted molar refractivity (Wildman–Crippen MR) is 110 cm³/mol. The van der Waals surface area contributed by atoms with Crippen molar-refractivity contribution in [3.63, 3.8) is 0 Å². The molecular weight excluding hydrogens is 392 g/mol. The Morgan fingerprint density at radius 2 is 1.72 bits per heavy atom. The molecular formula is C21H22N2O5S. The highest BCUT2D eigenvalue weighted by atomic mass is 32.2. The van der Waals surface area contributed by atoms with E-state index >= 15 is 0 Å². The predicted octanol–water partition coefficient (Wildman–Crippen LogP) is 2.14. The summed E-state index contributed by atoms with van der Waals surface area (Å²) < 4.78 is 30.4. The van der Waals surface area contributed by atoms with Crippen LogP contribution in [0.2, 0.25) is 0 Å². The number of fused-ring (bicyclic) bond motifs is 2. The van der Waals surface area contributed by atoms with E-state index < -0.39 is 22.1 Å². The monoisotopic (exact) mass is 414 g/mol. The number of anilines is 2. The normalized spacial score (nSPS) is 16.3. The first-order chi connectivity index (χ1) is 13.8. The Labute approximate surface area is 169 Å². The minimum Gasteiger partial charge on any atom is -0.449 e. The molecule has 8 heteroatoms. The lowest BCUT2D eigenvalue weighted by atomic mass is 10.1. The van der Waals surface area contributed by atoms with Gasteiger partial charge >= 0.3 is 5.97 Å². The molecule has 152 valence electrons. The van der Waals surface area contributed by atoms with Gasteiger partial charge in [0, 0.05) is 18.8 Å². The van der Waals surface area contributed by atoms with E-state index in [9.17, 15) is 18.0 Å². The molecule has 0 aliphatic carbocycles. The number of carbonyl (C=O) groups is 2. The van der Waals surface area contributed by atoms with Crippen LogP contribution in [0.4, 0.5) is 11.4 Å². The number of para-hydroxylation sites is 1. The largest absolute Gasteiger partial charge is 0.449 e. The van der Waals surface area contributed by atoms with Crippen molar-refractivity contribution in [3.8, 4) is 0 Å². The van der Waals surface area contributed by atoms with Crippen LogP contribution in [-0.2, 0) is 32.4 Å². The minimum atomic E-state index is -3.35. The SMILES string of the molecule is C[C@@H](OC(=O)c1ccc2c(c1)CCN2S(C)(=O)=O)C(=O)N1CCc2ccccc21. The number of nitrogens with zero attached hydrogens (tertiary/aromatic N) is 2. The Balaban J connectivity index is 1.47. The number of amides is 1. The molecule has 2 heterocycles. The molecule has 2 aromatic carbocycles. The fourth-order valence-electron chi connectivity index (χ4n) is 3.91. The minimum absolute atomic E-state index is 0.257. The van der Waals surface area contributed by atoms with Crippen LogP contribution >= 0.6 is 0 Å². The van der Waals surface area contributed by atoms with Crippen molar-refractivity contribution in [1.82, 2.24) is 0 Å². The average molecular weight is 414 g/mol. The van der Waals surface area contributed by atoms with E-state index in [0.29, 0.717) is 30.8 Å². The number of hydrogen-bond donors (Lipinski definition) is 0. The first kappa shape index (κ1) is 19.4. The molecule has 29 heavy (non-hydrogen) atoms. The molecule has 0 bridgehead atoms. The average Bonchev–Trinajstić information content (AvgIpc) is 3.30. The molecule has 0 fully saturated rings. The van der Waals surface area contributed by atoms with Gasteiger partial charge in [0.2, 0.25) is 10.0 Å². The van der Waals surface area contributed by atoms with Gasteiger partial charge in [0.1, 0.15) is 0 Å². The van der Waals surface area contributed by atoms with Gasteiger partial charge in [-0.1, -0.05) is 18.2 Å². The smallest absolute Gasteiger partial charge is 0.338 e. The lowest BCUT2D eigenvalue weighted by Gasteiger charge is -2.22. The van der Waals surface area contributed by atoms with Gasteiger partial charge in [0.25, 0.3) is 5.91 Å². The van der Waals surface area contributed by atoms with Crippen molar-refractivity contribution in [3.05, 3.63) is 59.2 Å². The van der Waals surface area contributed by atoms with Crippen molar-refractivity contribution < 1.29 is 22.7 Å². The molecule has 0 aromatic heterocycles. The Morgan fingerprint density at radius 1 is 1.00 bits per heavy atom. The van der Waals surface area contributed by atoms with E-state index in [-0.39, 0.29) is 5.91 Å². The summed E-state index contributed by atoms with van der Waals surface area (Å²) in [6.07, 6.45) is 1.55. The first-order valence-corrected chi connectivity index (χ1v) is 11.3. The van der Waals surface area contributed by atoms with Crippen LogP contribution in [0.1, 0.15) is 28.4 Å². The zero-order valence-electron chi connectivity index (χ0n) is 16.3.